The van der Waals surface area contributed by atoms with Crippen molar-refractivity contribution < 1.29 is 14.3 Å². The molecule has 1 aliphatic rings. The van der Waals surface area contributed by atoms with Crippen molar-refractivity contribution in [3.8, 4) is 0 Å². The van der Waals surface area contributed by atoms with Crippen LogP contribution in [-0.4, -0.2) is 43.2 Å². The van der Waals surface area contributed by atoms with Gasteiger partial charge in [-0.2, -0.15) is 0 Å². The van der Waals surface area contributed by atoms with Crippen LogP contribution in [0.5, 0.6) is 0 Å². The van der Waals surface area contributed by atoms with Crippen molar-refractivity contribution in [2.45, 2.75) is 19.3 Å². The minimum Gasteiger partial charge on any atom is -0.439 e. The topological polar surface area (TPSA) is 97.6 Å². The molecule has 116 valence electrons. The van der Waals surface area contributed by atoms with Crippen molar-refractivity contribution in [2.24, 2.45) is 11.7 Å². The van der Waals surface area contributed by atoms with Crippen LogP contribution < -0.4 is 16.0 Å². The van der Waals surface area contributed by atoms with Gasteiger partial charge in [-0.25, -0.2) is 9.78 Å². The second-order valence-corrected chi connectivity index (χ2v) is 5.88. The standard InChI is InChI=1S/C13H20N4O3S/c14-11(18)9-20-13(19)16-4-1-10-2-6-17(7-3-10)12-15-5-8-21-12/h5,8,10H,1-4,6-7,9H2,(H2,14,18)(H,16,19). The summed E-state index contributed by atoms with van der Waals surface area (Å²) in [6, 6.07) is 0. The number of piperidine rings is 1. The average Bonchev–Trinajstić information content (AvgIpc) is 3.00. The SMILES string of the molecule is NC(=O)COC(=O)NCCC1CCN(c2nccs2)CC1. The summed E-state index contributed by atoms with van der Waals surface area (Å²) in [5, 5.41) is 5.71. The van der Waals surface area contributed by atoms with Gasteiger partial charge in [0, 0.05) is 31.2 Å². The van der Waals surface area contributed by atoms with Gasteiger partial charge in [0.25, 0.3) is 5.91 Å². The molecule has 0 unspecified atom stereocenters. The number of ether oxygens (including phenoxy) is 1. The van der Waals surface area contributed by atoms with E-state index in [9.17, 15) is 9.59 Å². The van der Waals surface area contributed by atoms with Crippen molar-refractivity contribution in [2.75, 3.05) is 31.1 Å². The normalized spacial score (nSPS) is 15.7. The maximum absolute atomic E-state index is 11.2. The zero-order valence-corrected chi connectivity index (χ0v) is 12.6. The summed E-state index contributed by atoms with van der Waals surface area (Å²) in [5.74, 6) is -0.0580. The Morgan fingerprint density at radius 2 is 2.24 bits per heavy atom. The molecule has 8 heteroatoms. The number of hydrogen-bond acceptors (Lipinski definition) is 6. The fraction of sp³-hybridized carbons (Fsp3) is 0.615. The number of carbonyl (C=O) groups is 2. The molecule has 0 atom stereocenters. The van der Waals surface area contributed by atoms with Crippen molar-refractivity contribution in [1.82, 2.24) is 10.3 Å². The van der Waals surface area contributed by atoms with E-state index in [0.29, 0.717) is 12.5 Å². The van der Waals surface area contributed by atoms with Gasteiger partial charge in [-0.15, -0.1) is 11.3 Å². The molecule has 0 radical (unpaired) electrons. The van der Waals surface area contributed by atoms with Crippen LogP contribution in [0.1, 0.15) is 19.3 Å². The maximum atomic E-state index is 11.2. The first-order valence-corrected chi connectivity index (χ1v) is 7.86. The smallest absolute Gasteiger partial charge is 0.407 e. The Labute approximate surface area is 127 Å². The van der Waals surface area contributed by atoms with Crippen LogP contribution in [0.4, 0.5) is 9.93 Å². The van der Waals surface area contributed by atoms with Crippen LogP contribution in [0.3, 0.4) is 0 Å². The number of carbonyl (C=O) groups excluding carboxylic acids is 2. The summed E-state index contributed by atoms with van der Waals surface area (Å²) >= 11 is 1.66. The Balaban J connectivity index is 1.59. The molecule has 0 saturated carbocycles. The number of rotatable bonds is 6. The van der Waals surface area contributed by atoms with Gasteiger partial charge in [0.15, 0.2) is 11.7 Å². The third-order valence-electron chi connectivity index (χ3n) is 3.47. The Morgan fingerprint density at radius 1 is 1.48 bits per heavy atom. The first-order chi connectivity index (χ1) is 10.1. The van der Waals surface area contributed by atoms with Gasteiger partial charge in [0.05, 0.1) is 0 Å². The largest absolute Gasteiger partial charge is 0.439 e. The molecule has 3 N–H and O–H groups in total. The molecule has 2 rings (SSSR count). The molecule has 1 saturated heterocycles. The van der Waals surface area contributed by atoms with E-state index in [2.05, 4.69) is 19.9 Å². The lowest BCUT2D eigenvalue weighted by atomic mass is 9.94. The molecule has 2 heterocycles. The van der Waals surface area contributed by atoms with Gasteiger partial charge in [0.2, 0.25) is 0 Å². The van der Waals surface area contributed by atoms with Crippen molar-refractivity contribution in [1.29, 1.82) is 0 Å². The molecule has 0 spiro atoms. The summed E-state index contributed by atoms with van der Waals surface area (Å²) in [7, 11) is 0. The summed E-state index contributed by atoms with van der Waals surface area (Å²) in [4.78, 5) is 28.3. The first kappa shape index (κ1) is 15.6. The maximum Gasteiger partial charge on any atom is 0.407 e. The molecule has 0 aliphatic carbocycles. The molecule has 1 aliphatic heterocycles. The summed E-state index contributed by atoms with van der Waals surface area (Å²) in [6.45, 7) is 2.19. The van der Waals surface area contributed by atoms with Crippen LogP contribution in [-0.2, 0) is 9.53 Å². The second kappa shape index (κ2) is 7.82. The molecule has 21 heavy (non-hydrogen) atoms. The lowest BCUT2D eigenvalue weighted by Gasteiger charge is -2.31. The first-order valence-electron chi connectivity index (χ1n) is 6.98. The number of primary amides is 1. The number of hydrogen-bond donors (Lipinski definition) is 2. The van der Waals surface area contributed by atoms with Crippen molar-refractivity contribution in [3.05, 3.63) is 11.6 Å². The van der Waals surface area contributed by atoms with E-state index in [1.165, 1.54) is 0 Å². The highest BCUT2D eigenvalue weighted by atomic mass is 32.1. The summed E-state index contributed by atoms with van der Waals surface area (Å²) < 4.78 is 4.62. The monoisotopic (exact) mass is 312 g/mol. The van der Waals surface area contributed by atoms with E-state index in [4.69, 9.17) is 5.73 Å². The molecule has 1 fully saturated rings. The highest BCUT2D eigenvalue weighted by molar-refractivity contribution is 7.13. The molecule has 1 aromatic heterocycles. The fourth-order valence-corrected chi connectivity index (χ4v) is 3.05. The Morgan fingerprint density at radius 3 is 2.86 bits per heavy atom. The summed E-state index contributed by atoms with van der Waals surface area (Å²) in [6.07, 6.45) is 4.34. The van der Waals surface area contributed by atoms with Crippen LogP contribution in [0, 0.1) is 5.92 Å². The predicted octanol–water partition coefficient (Wildman–Crippen LogP) is 0.961. The minimum atomic E-state index is -0.653. The van der Waals surface area contributed by atoms with Crippen LogP contribution in [0.25, 0.3) is 0 Å². The van der Waals surface area contributed by atoms with Gasteiger partial charge in [-0.05, 0) is 25.2 Å². The second-order valence-electron chi connectivity index (χ2n) is 5.00. The molecule has 7 nitrogen and oxygen atoms in total. The molecule has 2 amide bonds. The number of nitrogens with two attached hydrogens (primary N) is 1. The third-order valence-corrected chi connectivity index (χ3v) is 4.30. The van der Waals surface area contributed by atoms with E-state index in [0.717, 1.165) is 37.5 Å². The molecule has 0 aromatic carbocycles. The van der Waals surface area contributed by atoms with Gasteiger partial charge >= 0.3 is 6.09 Å². The van der Waals surface area contributed by atoms with E-state index in [-0.39, 0.29) is 6.61 Å². The van der Waals surface area contributed by atoms with E-state index in [1.807, 2.05) is 11.6 Å². The number of amides is 2. The van der Waals surface area contributed by atoms with Crippen LogP contribution in [0.2, 0.25) is 0 Å². The highest BCUT2D eigenvalue weighted by Crippen LogP contribution is 2.26. The predicted molar refractivity (Wildman–Crippen MR) is 80.2 cm³/mol. The Bertz CT molecular complexity index is 458. The Hall–Kier alpha value is -1.83. The third kappa shape index (κ3) is 5.22. The van der Waals surface area contributed by atoms with Gasteiger partial charge in [-0.1, -0.05) is 0 Å². The molecular weight excluding hydrogens is 292 g/mol. The van der Waals surface area contributed by atoms with E-state index < -0.39 is 12.0 Å². The lowest BCUT2D eigenvalue weighted by molar-refractivity contribution is -0.120. The highest BCUT2D eigenvalue weighted by Gasteiger charge is 2.20. The molecular formula is C13H20N4O3S. The zero-order chi connectivity index (χ0) is 15.1. The van der Waals surface area contributed by atoms with E-state index in [1.54, 1.807) is 11.3 Å². The lowest BCUT2D eigenvalue weighted by Crippen LogP contribution is -2.35. The van der Waals surface area contributed by atoms with E-state index >= 15 is 0 Å². The molecule has 0 bridgehead atoms. The fourth-order valence-electron chi connectivity index (χ4n) is 2.35. The number of thiazole rings is 1. The minimum absolute atomic E-state index is 0.377. The Kier molecular flexibility index (Phi) is 5.79. The number of nitrogens with zero attached hydrogens (tertiary/aromatic N) is 2. The molecule has 1 aromatic rings. The average molecular weight is 312 g/mol. The number of anilines is 1. The number of aromatic nitrogens is 1. The van der Waals surface area contributed by atoms with Crippen LogP contribution in [0.15, 0.2) is 11.6 Å². The quantitative estimate of drug-likeness (QED) is 0.815. The van der Waals surface area contributed by atoms with Crippen LogP contribution >= 0.6 is 11.3 Å². The summed E-state index contributed by atoms with van der Waals surface area (Å²) in [5.41, 5.74) is 4.89. The van der Waals surface area contributed by atoms with Gasteiger partial charge < -0.3 is 20.7 Å². The van der Waals surface area contributed by atoms with Crippen molar-refractivity contribution in [3.63, 3.8) is 0 Å². The van der Waals surface area contributed by atoms with Crippen molar-refractivity contribution >= 4 is 28.5 Å². The van der Waals surface area contributed by atoms with Gasteiger partial charge in [-0.3, -0.25) is 4.79 Å². The number of alkyl carbamates (subject to hydrolysis) is 1. The zero-order valence-electron chi connectivity index (χ0n) is 11.8. The number of nitrogens with one attached hydrogen (secondary N) is 1. The van der Waals surface area contributed by atoms with Gasteiger partial charge in [0.1, 0.15) is 0 Å².